The summed E-state index contributed by atoms with van der Waals surface area (Å²) in [6, 6.07) is 10.7. The van der Waals surface area contributed by atoms with E-state index in [1.54, 1.807) is 13.8 Å². The summed E-state index contributed by atoms with van der Waals surface area (Å²) >= 11 is 0. The van der Waals surface area contributed by atoms with Crippen molar-refractivity contribution in [3.05, 3.63) is 35.9 Å². The molecule has 0 N–H and O–H groups in total. The molecule has 0 heterocycles. The molecule has 0 radical (unpaired) electrons. The Balaban J connectivity index is 1.87. The van der Waals surface area contributed by atoms with Crippen molar-refractivity contribution in [3.63, 3.8) is 0 Å². The zero-order chi connectivity index (χ0) is 16.7. The molecular weight excluding hydrogens is 311 g/mol. The van der Waals surface area contributed by atoms with Gasteiger partial charge < -0.3 is 0 Å². The van der Waals surface area contributed by atoms with Crippen molar-refractivity contribution in [3.8, 4) is 0 Å². The molecule has 1 saturated carbocycles. The van der Waals surface area contributed by atoms with Crippen LogP contribution in [0.25, 0.3) is 0 Å². The van der Waals surface area contributed by atoms with Gasteiger partial charge in [0.1, 0.15) is 0 Å². The highest BCUT2D eigenvalue weighted by Crippen LogP contribution is 2.52. The highest BCUT2D eigenvalue weighted by Gasteiger charge is 2.33. The normalized spacial score (nSPS) is 23.6. The van der Waals surface area contributed by atoms with Crippen molar-refractivity contribution in [2.75, 3.05) is 13.2 Å². The topological polar surface area (TPSA) is 44.8 Å². The summed E-state index contributed by atoms with van der Waals surface area (Å²) < 4.78 is 28.7. The van der Waals surface area contributed by atoms with Gasteiger partial charge in [-0.3, -0.25) is 13.6 Å². The Bertz CT molecular complexity index is 487. The van der Waals surface area contributed by atoms with Gasteiger partial charge in [-0.15, -0.1) is 0 Å². The van der Waals surface area contributed by atoms with Gasteiger partial charge in [0.05, 0.1) is 19.3 Å². The molecule has 23 heavy (non-hydrogen) atoms. The van der Waals surface area contributed by atoms with Gasteiger partial charge in [-0.25, -0.2) is 4.57 Å². The fraction of sp³-hybridized carbons (Fsp3) is 0.667. The number of hydrogen-bond donors (Lipinski definition) is 0. The molecule has 1 aliphatic rings. The van der Waals surface area contributed by atoms with Crippen molar-refractivity contribution in [2.45, 2.75) is 58.5 Å². The minimum Gasteiger partial charge on any atom is -0.287 e. The van der Waals surface area contributed by atoms with E-state index in [2.05, 4.69) is 30.3 Å². The Labute approximate surface area is 140 Å². The minimum atomic E-state index is -3.42. The summed E-state index contributed by atoms with van der Waals surface area (Å²) in [5.41, 5.74) is 1.42. The predicted molar refractivity (Wildman–Crippen MR) is 92.5 cm³/mol. The Morgan fingerprint density at radius 1 is 1.04 bits per heavy atom. The van der Waals surface area contributed by atoms with Crippen LogP contribution in [0.3, 0.4) is 0 Å². The second-order valence-corrected chi connectivity index (χ2v) is 7.74. The Kier molecular flexibility index (Phi) is 7.29. The highest BCUT2D eigenvalue weighted by molar-refractivity contribution is 7.48. The van der Waals surface area contributed by atoms with Crippen molar-refractivity contribution in [1.29, 1.82) is 0 Å². The molecule has 5 heteroatoms. The molecule has 130 valence electrons. The van der Waals surface area contributed by atoms with Crippen LogP contribution in [-0.2, 0) is 18.1 Å². The number of phosphoric ester groups is 1. The van der Waals surface area contributed by atoms with Gasteiger partial charge in [0.15, 0.2) is 0 Å². The third kappa shape index (κ3) is 5.42. The van der Waals surface area contributed by atoms with Crippen molar-refractivity contribution in [2.24, 2.45) is 5.92 Å². The van der Waals surface area contributed by atoms with E-state index in [4.69, 9.17) is 13.6 Å². The third-order valence-corrected chi connectivity index (χ3v) is 6.32. The zero-order valence-corrected chi connectivity index (χ0v) is 15.3. The first-order valence-electron chi connectivity index (χ1n) is 8.70. The van der Waals surface area contributed by atoms with Gasteiger partial charge in [0, 0.05) is 0 Å². The molecule has 2 rings (SSSR count). The predicted octanol–water partition coefficient (Wildman–Crippen LogP) is 5.55. The minimum absolute atomic E-state index is 0.115. The average Bonchev–Trinajstić information content (AvgIpc) is 2.56. The molecule has 0 amide bonds. The standard InChI is InChI=1S/C18H29O4P/c1-4-20-23(19,21-5-2)22-15(3)16-11-13-18(14-12-16)17-9-7-6-8-10-17/h6-10,15-16,18H,4-5,11-14H2,1-3H3. The van der Waals surface area contributed by atoms with E-state index in [1.807, 2.05) is 6.92 Å². The monoisotopic (exact) mass is 340 g/mol. The Morgan fingerprint density at radius 3 is 2.13 bits per heavy atom. The van der Waals surface area contributed by atoms with E-state index in [-0.39, 0.29) is 6.10 Å². The highest BCUT2D eigenvalue weighted by atomic mass is 31.2. The lowest BCUT2D eigenvalue weighted by atomic mass is 9.77. The summed E-state index contributed by atoms with van der Waals surface area (Å²) in [5, 5.41) is 0. The van der Waals surface area contributed by atoms with Crippen molar-refractivity contribution >= 4 is 7.82 Å². The number of phosphoric acid groups is 1. The van der Waals surface area contributed by atoms with Gasteiger partial charge in [-0.2, -0.15) is 0 Å². The SMILES string of the molecule is CCOP(=O)(OCC)OC(C)C1CCC(c2ccccc2)CC1. The largest absolute Gasteiger partial charge is 0.475 e. The molecule has 0 saturated heterocycles. The fourth-order valence-corrected chi connectivity index (χ4v) is 4.76. The maximum Gasteiger partial charge on any atom is 0.475 e. The van der Waals surface area contributed by atoms with E-state index in [9.17, 15) is 4.57 Å². The lowest BCUT2D eigenvalue weighted by molar-refractivity contribution is 0.0516. The molecular formula is C18H29O4P. The molecule has 1 atom stereocenters. The van der Waals surface area contributed by atoms with Crippen LogP contribution in [-0.4, -0.2) is 19.3 Å². The van der Waals surface area contributed by atoms with Crippen LogP contribution in [0.1, 0.15) is 57.9 Å². The van der Waals surface area contributed by atoms with Gasteiger partial charge in [0.2, 0.25) is 0 Å². The summed E-state index contributed by atoms with van der Waals surface area (Å²) in [6.07, 6.45) is 4.35. The van der Waals surface area contributed by atoms with E-state index in [0.29, 0.717) is 25.0 Å². The molecule has 0 spiro atoms. The zero-order valence-electron chi connectivity index (χ0n) is 14.4. The maximum absolute atomic E-state index is 12.5. The van der Waals surface area contributed by atoms with Crippen LogP contribution in [0.4, 0.5) is 0 Å². The second kappa shape index (κ2) is 8.98. The number of benzene rings is 1. The Morgan fingerprint density at radius 2 is 1.61 bits per heavy atom. The smallest absolute Gasteiger partial charge is 0.287 e. The van der Waals surface area contributed by atoms with Crippen LogP contribution >= 0.6 is 7.82 Å². The Hall–Kier alpha value is -0.670. The molecule has 1 aromatic rings. The van der Waals surface area contributed by atoms with Crippen LogP contribution in [0, 0.1) is 5.92 Å². The van der Waals surface area contributed by atoms with E-state index < -0.39 is 7.82 Å². The fourth-order valence-electron chi connectivity index (χ4n) is 3.35. The lowest BCUT2D eigenvalue weighted by Gasteiger charge is -2.33. The summed E-state index contributed by atoms with van der Waals surface area (Å²) in [7, 11) is -3.42. The first-order valence-corrected chi connectivity index (χ1v) is 10.2. The molecule has 0 bridgehead atoms. The van der Waals surface area contributed by atoms with Gasteiger partial charge in [0.25, 0.3) is 0 Å². The average molecular weight is 340 g/mol. The van der Waals surface area contributed by atoms with E-state index in [1.165, 1.54) is 5.56 Å². The van der Waals surface area contributed by atoms with Crippen LogP contribution in [0.2, 0.25) is 0 Å². The molecule has 0 aromatic heterocycles. The summed E-state index contributed by atoms with van der Waals surface area (Å²) in [6.45, 7) is 6.23. The molecule has 0 aliphatic heterocycles. The van der Waals surface area contributed by atoms with E-state index in [0.717, 1.165) is 25.7 Å². The van der Waals surface area contributed by atoms with Gasteiger partial charge in [-0.1, -0.05) is 30.3 Å². The van der Waals surface area contributed by atoms with Crippen LogP contribution < -0.4 is 0 Å². The van der Waals surface area contributed by atoms with Crippen molar-refractivity contribution in [1.82, 2.24) is 0 Å². The van der Waals surface area contributed by atoms with Crippen LogP contribution in [0.5, 0.6) is 0 Å². The molecule has 1 fully saturated rings. The first kappa shape index (κ1) is 18.7. The quantitative estimate of drug-likeness (QED) is 0.582. The molecule has 1 unspecified atom stereocenters. The first-order chi connectivity index (χ1) is 11.1. The molecule has 1 aromatic carbocycles. The summed E-state index contributed by atoms with van der Waals surface area (Å²) in [4.78, 5) is 0. The van der Waals surface area contributed by atoms with Crippen molar-refractivity contribution < 1.29 is 18.1 Å². The third-order valence-electron chi connectivity index (χ3n) is 4.58. The number of hydrogen-bond acceptors (Lipinski definition) is 4. The number of rotatable bonds is 8. The lowest BCUT2D eigenvalue weighted by Crippen LogP contribution is -2.25. The van der Waals surface area contributed by atoms with Gasteiger partial charge >= 0.3 is 7.82 Å². The maximum atomic E-state index is 12.5. The second-order valence-electron chi connectivity index (χ2n) is 6.12. The molecule has 4 nitrogen and oxygen atoms in total. The van der Waals surface area contributed by atoms with E-state index >= 15 is 0 Å². The summed E-state index contributed by atoms with van der Waals surface area (Å²) in [5.74, 6) is 1.04. The van der Waals surface area contributed by atoms with Gasteiger partial charge in [-0.05, 0) is 63.9 Å². The van der Waals surface area contributed by atoms with Crippen LogP contribution in [0.15, 0.2) is 30.3 Å². The molecule has 1 aliphatic carbocycles.